The molecule has 216 valence electrons. The van der Waals surface area contributed by atoms with Gasteiger partial charge in [-0.2, -0.15) is 0 Å². The molecule has 4 rings (SSSR count). The third-order valence-corrected chi connectivity index (χ3v) is 7.38. The lowest BCUT2D eigenvalue weighted by Crippen LogP contribution is -2.60. The highest BCUT2D eigenvalue weighted by Gasteiger charge is 2.45. The summed E-state index contributed by atoms with van der Waals surface area (Å²) in [5.41, 5.74) is 1.26. The van der Waals surface area contributed by atoms with Crippen molar-refractivity contribution in [3.05, 3.63) is 47.5 Å². The maximum Gasteiger partial charge on any atom is 0.229 e. The van der Waals surface area contributed by atoms with Crippen molar-refractivity contribution in [2.45, 2.75) is 42.9 Å². The first-order valence-corrected chi connectivity index (χ1v) is 12.5. The van der Waals surface area contributed by atoms with Crippen molar-refractivity contribution in [3.63, 3.8) is 0 Å². The molecular weight excluding hydrogens is 516 g/mol. The molecule has 0 spiro atoms. The monoisotopic (exact) mass is 552 g/mol. The Morgan fingerprint density at radius 1 is 0.821 bits per heavy atom. The number of ether oxygens (including phenoxy) is 6. The first-order chi connectivity index (χ1) is 18.8. The number of methoxy groups -OCH3 is 3. The van der Waals surface area contributed by atoms with Gasteiger partial charge in [0.2, 0.25) is 6.29 Å². The van der Waals surface area contributed by atoms with Crippen molar-refractivity contribution in [1.29, 1.82) is 0 Å². The van der Waals surface area contributed by atoms with Crippen molar-refractivity contribution in [2.75, 3.05) is 41.2 Å². The van der Waals surface area contributed by atoms with Crippen molar-refractivity contribution >= 4 is 0 Å². The van der Waals surface area contributed by atoms with Gasteiger partial charge in [-0.1, -0.05) is 12.1 Å². The number of benzene rings is 2. The lowest BCUT2D eigenvalue weighted by Gasteiger charge is -2.39. The molecule has 12 nitrogen and oxygen atoms in total. The number of hydrogen-bond acceptors (Lipinski definition) is 12. The van der Waals surface area contributed by atoms with E-state index in [4.69, 9.17) is 28.4 Å². The molecule has 0 aliphatic carbocycles. The zero-order valence-corrected chi connectivity index (χ0v) is 21.9. The number of rotatable bonds is 10. The topological polar surface area (TPSA) is 177 Å². The van der Waals surface area contributed by atoms with Crippen molar-refractivity contribution in [3.8, 4) is 23.0 Å². The van der Waals surface area contributed by atoms with Gasteiger partial charge in [-0.3, -0.25) is 0 Å². The van der Waals surface area contributed by atoms with Crippen LogP contribution >= 0.6 is 0 Å². The van der Waals surface area contributed by atoms with Gasteiger partial charge in [0.1, 0.15) is 24.4 Å². The summed E-state index contributed by atoms with van der Waals surface area (Å²) in [6.07, 6.45) is -8.68. The minimum Gasteiger partial charge on any atom is -0.493 e. The summed E-state index contributed by atoms with van der Waals surface area (Å²) in [6, 6.07) is 10.0. The molecule has 12 heteroatoms. The molecule has 2 aromatic rings. The Labute approximate surface area is 225 Å². The molecule has 0 saturated carbocycles. The summed E-state index contributed by atoms with van der Waals surface area (Å²) < 4.78 is 33.3. The Bertz CT molecular complexity index is 1090. The summed E-state index contributed by atoms with van der Waals surface area (Å²) in [7, 11) is 4.46. The van der Waals surface area contributed by atoms with E-state index < -0.39 is 61.4 Å². The first kappa shape index (κ1) is 29.3. The van der Waals surface area contributed by atoms with Gasteiger partial charge in [0.25, 0.3) is 0 Å². The number of aliphatic hydroxyl groups is 6. The average molecular weight is 553 g/mol. The van der Waals surface area contributed by atoms with Crippen LogP contribution in [0.4, 0.5) is 0 Å². The molecule has 0 unspecified atom stereocenters. The average Bonchev–Trinajstić information content (AvgIpc) is 3.40. The van der Waals surface area contributed by atoms with Gasteiger partial charge < -0.3 is 59.1 Å². The van der Waals surface area contributed by atoms with Gasteiger partial charge in [0, 0.05) is 18.4 Å². The minimum absolute atomic E-state index is 0.172. The SMILES string of the molecule is COc1ccc([C@H](O)[C@@H]2CO[C@@H](c3ccc(O[C@@H]4O[C@H](CO)[C@@H](O)[C@H](O)[C@H]4O)c(OC)c3)[C@H]2CO)cc1OC. The van der Waals surface area contributed by atoms with E-state index in [9.17, 15) is 30.6 Å². The number of hydrogen-bond donors (Lipinski definition) is 6. The molecule has 2 heterocycles. The molecule has 39 heavy (non-hydrogen) atoms. The van der Waals surface area contributed by atoms with Crippen LogP contribution in [-0.2, 0) is 9.47 Å². The molecule has 0 aromatic heterocycles. The summed E-state index contributed by atoms with van der Waals surface area (Å²) >= 11 is 0. The Morgan fingerprint density at radius 2 is 1.49 bits per heavy atom. The highest BCUT2D eigenvalue weighted by Crippen LogP contribution is 2.46. The number of aliphatic hydroxyl groups excluding tert-OH is 6. The van der Waals surface area contributed by atoms with E-state index in [-0.39, 0.29) is 24.7 Å². The Balaban J connectivity index is 1.52. The predicted octanol–water partition coefficient (Wildman–Crippen LogP) is -0.0793. The van der Waals surface area contributed by atoms with Crippen molar-refractivity contribution in [2.24, 2.45) is 11.8 Å². The molecule has 2 aliphatic heterocycles. The van der Waals surface area contributed by atoms with E-state index in [0.29, 0.717) is 22.6 Å². The Hall–Kier alpha value is -2.68. The van der Waals surface area contributed by atoms with Gasteiger partial charge in [-0.05, 0) is 35.4 Å². The van der Waals surface area contributed by atoms with Crippen LogP contribution in [0.5, 0.6) is 23.0 Å². The quantitative estimate of drug-likeness (QED) is 0.231. The fraction of sp³-hybridized carbons (Fsp3) is 0.556. The molecule has 2 fully saturated rings. The molecule has 2 aliphatic rings. The van der Waals surface area contributed by atoms with Crippen LogP contribution < -0.4 is 18.9 Å². The molecule has 9 atom stereocenters. The summed E-state index contributed by atoms with van der Waals surface area (Å²) in [6.45, 7) is -0.638. The van der Waals surface area contributed by atoms with E-state index >= 15 is 0 Å². The van der Waals surface area contributed by atoms with Crippen LogP contribution in [0.2, 0.25) is 0 Å². The van der Waals surface area contributed by atoms with Crippen LogP contribution in [0.25, 0.3) is 0 Å². The molecule has 2 saturated heterocycles. The second-order valence-corrected chi connectivity index (χ2v) is 9.55. The van der Waals surface area contributed by atoms with E-state index in [1.165, 1.54) is 21.3 Å². The second-order valence-electron chi connectivity index (χ2n) is 9.55. The van der Waals surface area contributed by atoms with Crippen LogP contribution in [0.3, 0.4) is 0 Å². The molecule has 6 N–H and O–H groups in total. The van der Waals surface area contributed by atoms with Gasteiger partial charge >= 0.3 is 0 Å². The third kappa shape index (κ3) is 5.79. The Kier molecular flexibility index (Phi) is 9.51. The minimum atomic E-state index is -1.59. The van der Waals surface area contributed by atoms with Gasteiger partial charge in [-0.25, -0.2) is 0 Å². The maximum atomic E-state index is 11.2. The van der Waals surface area contributed by atoms with E-state index in [1.807, 2.05) is 0 Å². The highest BCUT2D eigenvalue weighted by atomic mass is 16.7. The van der Waals surface area contributed by atoms with Gasteiger partial charge in [0.05, 0.1) is 46.8 Å². The molecule has 0 amide bonds. The standard InChI is InChI=1S/C27H36O12/c1-34-17-6-4-13(8-19(17)35-2)22(30)16-12-37-26(15(16)10-28)14-5-7-18(20(9-14)36-3)38-27-25(33)24(32)23(31)21(11-29)39-27/h4-9,15-16,21-33H,10-12H2,1-3H3/t15-,16+,21+,22-,23+,24-,25+,26-,27+/m0/s1. The summed E-state index contributed by atoms with van der Waals surface area (Å²) in [5, 5.41) is 61.2. The van der Waals surface area contributed by atoms with Crippen molar-refractivity contribution in [1.82, 2.24) is 0 Å². The lowest BCUT2D eigenvalue weighted by molar-refractivity contribution is -0.277. The summed E-state index contributed by atoms with van der Waals surface area (Å²) in [4.78, 5) is 0. The normalized spacial score (nSPS) is 31.5. The first-order valence-electron chi connectivity index (χ1n) is 12.5. The zero-order chi connectivity index (χ0) is 28.3. The zero-order valence-electron chi connectivity index (χ0n) is 21.9. The van der Waals surface area contributed by atoms with Crippen LogP contribution in [-0.4, -0.2) is 102 Å². The van der Waals surface area contributed by atoms with Crippen molar-refractivity contribution < 1.29 is 59.1 Å². The van der Waals surface area contributed by atoms with E-state index in [1.54, 1.807) is 36.4 Å². The molecular formula is C27H36O12. The fourth-order valence-corrected chi connectivity index (χ4v) is 5.12. The third-order valence-electron chi connectivity index (χ3n) is 7.38. The predicted molar refractivity (Wildman–Crippen MR) is 135 cm³/mol. The Morgan fingerprint density at radius 3 is 2.13 bits per heavy atom. The van der Waals surface area contributed by atoms with E-state index in [0.717, 1.165) is 0 Å². The summed E-state index contributed by atoms with van der Waals surface area (Å²) in [5.74, 6) is 0.569. The van der Waals surface area contributed by atoms with Gasteiger partial charge in [-0.15, -0.1) is 0 Å². The lowest BCUT2D eigenvalue weighted by atomic mass is 9.82. The second kappa shape index (κ2) is 12.7. The van der Waals surface area contributed by atoms with Crippen LogP contribution in [0.15, 0.2) is 36.4 Å². The van der Waals surface area contributed by atoms with Crippen LogP contribution in [0, 0.1) is 11.8 Å². The van der Waals surface area contributed by atoms with Crippen LogP contribution in [0.1, 0.15) is 23.3 Å². The molecule has 2 aromatic carbocycles. The highest BCUT2D eigenvalue weighted by molar-refractivity contribution is 5.45. The maximum absolute atomic E-state index is 11.2. The molecule has 0 radical (unpaired) electrons. The molecule has 0 bridgehead atoms. The largest absolute Gasteiger partial charge is 0.493 e. The smallest absolute Gasteiger partial charge is 0.229 e. The van der Waals surface area contributed by atoms with E-state index in [2.05, 4.69) is 0 Å². The van der Waals surface area contributed by atoms with Gasteiger partial charge in [0.15, 0.2) is 23.0 Å². The fourth-order valence-electron chi connectivity index (χ4n) is 5.12.